The molecule has 0 N–H and O–H groups in total. The van der Waals surface area contributed by atoms with Crippen LogP contribution in [0.15, 0.2) is 66.7 Å². The summed E-state index contributed by atoms with van der Waals surface area (Å²) in [5.41, 5.74) is 2.10. The van der Waals surface area contributed by atoms with Crippen LogP contribution in [0.25, 0.3) is 0 Å². The van der Waals surface area contributed by atoms with E-state index >= 15 is 0 Å². The Hall–Kier alpha value is -4.06. The van der Waals surface area contributed by atoms with Crippen molar-refractivity contribution in [3.8, 4) is 23.3 Å². The van der Waals surface area contributed by atoms with Gasteiger partial charge in [0.2, 0.25) is 0 Å². The number of carbonyl (C=O) groups excluding carboxylic acids is 2. The first kappa shape index (κ1) is 31.5. The van der Waals surface area contributed by atoms with E-state index in [0.717, 1.165) is 11.1 Å². The van der Waals surface area contributed by atoms with Gasteiger partial charge < -0.3 is 23.4 Å². The molecule has 41 heavy (non-hydrogen) atoms. The smallest absolute Gasteiger partial charge is 0.343 e. The van der Waals surface area contributed by atoms with E-state index < -0.39 is 20.3 Å². The second kappa shape index (κ2) is 14.0. The van der Waals surface area contributed by atoms with Gasteiger partial charge in [0.05, 0.1) is 20.8 Å². The van der Waals surface area contributed by atoms with Gasteiger partial charge in [-0.1, -0.05) is 93.3 Å². The lowest BCUT2D eigenvalue weighted by atomic mass is 10.0. The molecule has 0 saturated heterocycles. The predicted octanol–water partition coefficient (Wildman–Crippen LogP) is 6.79. The van der Waals surface area contributed by atoms with Crippen molar-refractivity contribution in [1.29, 1.82) is 0 Å². The molecule has 0 spiro atoms. The standard InChI is InChI=1S/C33H38O7Si/c1-33(2,3)41(6,7)40-20-14-19-26-21-27(31(34)36-4)29(38-22-24-15-10-8-11-16-24)30(28(26)32(35)37-5)39-23-25-17-12-9-13-18-25/h8-13,15-18,21H,20,22-23H2,1-7H3. The second-order valence-corrected chi connectivity index (χ2v) is 15.7. The first-order valence-electron chi connectivity index (χ1n) is 13.3. The minimum atomic E-state index is -2.05. The van der Waals surface area contributed by atoms with Crippen LogP contribution in [0.5, 0.6) is 11.5 Å². The van der Waals surface area contributed by atoms with Crippen LogP contribution in [-0.4, -0.2) is 41.1 Å². The first-order chi connectivity index (χ1) is 19.5. The minimum absolute atomic E-state index is 0.0140. The Kier molecular flexibility index (Phi) is 10.8. The van der Waals surface area contributed by atoms with Crippen molar-refractivity contribution in [2.45, 2.75) is 52.1 Å². The summed E-state index contributed by atoms with van der Waals surface area (Å²) in [6, 6.07) is 20.4. The topological polar surface area (TPSA) is 80.3 Å². The molecule has 0 aliphatic carbocycles. The van der Waals surface area contributed by atoms with Gasteiger partial charge in [-0.15, -0.1) is 0 Å². The minimum Gasteiger partial charge on any atom is -0.484 e. The largest absolute Gasteiger partial charge is 0.484 e. The molecule has 0 heterocycles. The average Bonchev–Trinajstić information content (AvgIpc) is 2.96. The van der Waals surface area contributed by atoms with Crippen molar-refractivity contribution < 1.29 is 33.0 Å². The maximum absolute atomic E-state index is 13.2. The molecule has 3 aromatic rings. The van der Waals surface area contributed by atoms with Crippen LogP contribution in [0.3, 0.4) is 0 Å². The van der Waals surface area contributed by atoms with E-state index in [1.165, 1.54) is 20.3 Å². The number of benzene rings is 3. The van der Waals surface area contributed by atoms with Crippen molar-refractivity contribution in [3.05, 3.63) is 94.5 Å². The summed E-state index contributed by atoms with van der Waals surface area (Å²) < 4.78 is 28.8. The van der Waals surface area contributed by atoms with Gasteiger partial charge in [0.15, 0.2) is 19.8 Å². The highest BCUT2D eigenvalue weighted by Crippen LogP contribution is 2.40. The highest BCUT2D eigenvalue weighted by molar-refractivity contribution is 6.74. The summed E-state index contributed by atoms with van der Waals surface area (Å²) in [6.45, 7) is 11.1. The second-order valence-electron chi connectivity index (χ2n) is 10.9. The lowest BCUT2D eigenvalue weighted by molar-refractivity contribution is 0.0575. The van der Waals surface area contributed by atoms with Crippen molar-refractivity contribution in [1.82, 2.24) is 0 Å². The normalized spacial score (nSPS) is 11.2. The molecule has 0 aromatic heterocycles. The van der Waals surface area contributed by atoms with E-state index in [0.29, 0.717) is 0 Å². The van der Waals surface area contributed by atoms with Crippen LogP contribution in [0.1, 0.15) is 58.2 Å². The monoisotopic (exact) mass is 574 g/mol. The van der Waals surface area contributed by atoms with Crippen molar-refractivity contribution in [2.24, 2.45) is 0 Å². The van der Waals surface area contributed by atoms with Gasteiger partial charge in [0, 0.05) is 5.56 Å². The quantitative estimate of drug-likeness (QED) is 0.150. The molecule has 0 unspecified atom stereocenters. The lowest BCUT2D eigenvalue weighted by Crippen LogP contribution is -2.40. The molecule has 0 radical (unpaired) electrons. The predicted molar refractivity (Wildman–Crippen MR) is 161 cm³/mol. The number of esters is 2. The molecule has 0 aliphatic rings. The first-order valence-corrected chi connectivity index (χ1v) is 16.2. The summed E-state index contributed by atoms with van der Waals surface area (Å²) in [7, 11) is 0.510. The molecular formula is C33H38O7Si. The van der Waals surface area contributed by atoms with Crippen LogP contribution in [-0.2, 0) is 27.1 Å². The molecule has 3 aromatic carbocycles. The maximum Gasteiger partial charge on any atom is 0.343 e. The van der Waals surface area contributed by atoms with Crippen molar-refractivity contribution in [2.75, 3.05) is 20.8 Å². The molecule has 7 nitrogen and oxygen atoms in total. The third-order valence-electron chi connectivity index (χ3n) is 7.02. The Morgan fingerprint density at radius 1 is 0.780 bits per heavy atom. The van der Waals surface area contributed by atoms with Crippen LogP contribution in [0, 0.1) is 11.8 Å². The molecular weight excluding hydrogens is 536 g/mol. The van der Waals surface area contributed by atoms with Crippen LogP contribution in [0.4, 0.5) is 0 Å². The summed E-state index contributed by atoms with van der Waals surface area (Å²) in [6.07, 6.45) is 0. The number of hydrogen-bond donors (Lipinski definition) is 0. The number of methoxy groups -OCH3 is 2. The van der Waals surface area contributed by atoms with Gasteiger partial charge in [-0.3, -0.25) is 0 Å². The van der Waals surface area contributed by atoms with Crippen LogP contribution in [0.2, 0.25) is 18.1 Å². The Labute approximate surface area is 243 Å². The number of carbonyl (C=O) groups is 2. The van der Waals surface area contributed by atoms with E-state index in [1.54, 1.807) is 0 Å². The van der Waals surface area contributed by atoms with Gasteiger partial charge in [0.1, 0.15) is 24.3 Å². The molecule has 0 fully saturated rings. The van der Waals surface area contributed by atoms with E-state index in [4.69, 9.17) is 23.4 Å². The average molecular weight is 575 g/mol. The molecule has 3 rings (SSSR count). The maximum atomic E-state index is 13.2. The summed E-state index contributed by atoms with van der Waals surface area (Å²) in [4.78, 5) is 26.2. The van der Waals surface area contributed by atoms with Crippen molar-refractivity contribution in [3.63, 3.8) is 0 Å². The Morgan fingerprint density at radius 2 is 1.29 bits per heavy atom. The van der Waals surface area contributed by atoms with Gasteiger partial charge in [-0.25, -0.2) is 9.59 Å². The van der Waals surface area contributed by atoms with Crippen LogP contribution < -0.4 is 9.47 Å². The van der Waals surface area contributed by atoms with Crippen molar-refractivity contribution >= 4 is 20.3 Å². The molecule has 0 saturated carbocycles. The molecule has 0 atom stereocenters. The number of rotatable bonds is 10. The summed E-state index contributed by atoms with van der Waals surface area (Å²) >= 11 is 0. The lowest BCUT2D eigenvalue weighted by Gasteiger charge is -2.35. The van der Waals surface area contributed by atoms with Gasteiger partial charge in [-0.05, 0) is 35.3 Å². The fraction of sp³-hybridized carbons (Fsp3) is 0.333. The number of hydrogen-bond acceptors (Lipinski definition) is 7. The molecule has 8 heteroatoms. The summed E-state index contributed by atoms with van der Waals surface area (Å²) in [5, 5.41) is 0.0140. The van der Waals surface area contributed by atoms with E-state index in [-0.39, 0.29) is 53.0 Å². The summed E-state index contributed by atoms with van der Waals surface area (Å²) in [5.74, 6) is 4.82. The Bertz CT molecular complexity index is 1400. The zero-order valence-electron chi connectivity index (χ0n) is 24.8. The highest BCUT2D eigenvalue weighted by Gasteiger charge is 2.37. The zero-order chi connectivity index (χ0) is 30.0. The third-order valence-corrected chi connectivity index (χ3v) is 11.5. The zero-order valence-corrected chi connectivity index (χ0v) is 25.8. The van der Waals surface area contributed by atoms with Gasteiger partial charge in [0.25, 0.3) is 0 Å². The molecule has 0 aliphatic heterocycles. The Balaban J connectivity index is 2.15. The Morgan fingerprint density at radius 3 is 1.78 bits per heavy atom. The van der Waals surface area contributed by atoms with Gasteiger partial charge in [-0.2, -0.15) is 0 Å². The van der Waals surface area contributed by atoms with Gasteiger partial charge >= 0.3 is 11.9 Å². The fourth-order valence-electron chi connectivity index (χ4n) is 3.61. The van der Waals surface area contributed by atoms with E-state index in [2.05, 4.69) is 45.7 Å². The molecule has 216 valence electrons. The fourth-order valence-corrected chi connectivity index (χ4v) is 4.48. The molecule has 0 bridgehead atoms. The third kappa shape index (κ3) is 8.23. The van der Waals surface area contributed by atoms with Crippen LogP contribution >= 0.6 is 0 Å². The number of ether oxygens (including phenoxy) is 4. The highest BCUT2D eigenvalue weighted by atomic mass is 28.4. The van der Waals surface area contributed by atoms with E-state index in [1.807, 2.05) is 60.7 Å². The SMILES string of the molecule is COC(=O)c1cc(C#CCO[Si](C)(C)C(C)(C)C)c(C(=O)OC)c(OCc2ccccc2)c1OCc1ccccc1. The molecule has 0 amide bonds. The van der Waals surface area contributed by atoms with E-state index in [9.17, 15) is 9.59 Å².